The second-order valence-corrected chi connectivity index (χ2v) is 5.86. The molecule has 2 aromatic carbocycles. The summed E-state index contributed by atoms with van der Waals surface area (Å²) >= 11 is 0. The number of urea groups is 1. The normalized spacial score (nSPS) is 10.5. The van der Waals surface area contributed by atoms with Gasteiger partial charge in [-0.2, -0.15) is 5.10 Å². The number of carbonyl (C=O) groups excluding carboxylic acids is 1. The minimum Gasteiger partial charge on any atom is -0.308 e. The lowest BCUT2D eigenvalue weighted by Crippen LogP contribution is -2.19. The number of anilines is 2. The maximum absolute atomic E-state index is 12.0. The molecule has 0 aliphatic carbocycles. The topological polar surface area (TPSA) is 69.8 Å². The first kappa shape index (κ1) is 15.8. The SMILES string of the molecule is Cc1cc(C)c(-c2cc(NC(=O)Nc3ccccc3)n[nH]2)cc1C. The lowest BCUT2D eigenvalue weighted by Gasteiger charge is -2.07. The Morgan fingerprint density at radius 1 is 0.917 bits per heavy atom. The van der Waals surface area contributed by atoms with E-state index in [-0.39, 0.29) is 6.03 Å². The minimum atomic E-state index is -0.323. The number of aromatic amines is 1. The summed E-state index contributed by atoms with van der Waals surface area (Å²) in [4.78, 5) is 12.0. The summed E-state index contributed by atoms with van der Waals surface area (Å²) in [5.41, 5.74) is 6.35. The molecular formula is C19H20N4O. The van der Waals surface area contributed by atoms with E-state index in [2.05, 4.69) is 53.7 Å². The number of hydrogen-bond donors (Lipinski definition) is 3. The van der Waals surface area contributed by atoms with Crippen LogP contribution in [-0.2, 0) is 0 Å². The molecule has 0 unspecified atom stereocenters. The Bertz CT molecular complexity index is 868. The predicted octanol–water partition coefficient (Wildman–Crippen LogP) is 4.65. The Kier molecular flexibility index (Phi) is 4.33. The fourth-order valence-corrected chi connectivity index (χ4v) is 2.57. The van der Waals surface area contributed by atoms with Gasteiger partial charge in [0.05, 0.1) is 5.69 Å². The molecule has 5 heteroatoms. The van der Waals surface area contributed by atoms with E-state index < -0.39 is 0 Å². The first-order chi connectivity index (χ1) is 11.5. The summed E-state index contributed by atoms with van der Waals surface area (Å²) in [5, 5.41) is 12.7. The van der Waals surface area contributed by atoms with E-state index in [0.29, 0.717) is 5.82 Å². The van der Waals surface area contributed by atoms with Gasteiger partial charge in [0.1, 0.15) is 0 Å². The van der Waals surface area contributed by atoms with Gasteiger partial charge in [0.15, 0.2) is 5.82 Å². The van der Waals surface area contributed by atoms with Gasteiger partial charge in [-0.25, -0.2) is 4.79 Å². The summed E-state index contributed by atoms with van der Waals surface area (Å²) in [5.74, 6) is 0.482. The molecule has 24 heavy (non-hydrogen) atoms. The number of aryl methyl sites for hydroxylation is 3. The summed E-state index contributed by atoms with van der Waals surface area (Å²) < 4.78 is 0. The summed E-state index contributed by atoms with van der Waals surface area (Å²) in [6.07, 6.45) is 0. The standard InChI is InChI=1S/C19H20N4O/c1-12-9-14(3)16(10-13(12)2)17-11-18(23-22-17)21-19(24)20-15-7-5-4-6-8-15/h4-11H,1-3H3,(H3,20,21,22,23,24). The first-order valence-electron chi connectivity index (χ1n) is 7.79. The summed E-state index contributed by atoms with van der Waals surface area (Å²) in [6.45, 7) is 6.25. The van der Waals surface area contributed by atoms with Crippen LogP contribution in [0.3, 0.4) is 0 Å². The maximum Gasteiger partial charge on any atom is 0.324 e. The highest BCUT2D eigenvalue weighted by molar-refractivity contribution is 5.99. The third-order valence-corrected chi connectivity index (χ3v) is 3.98. The number of nitrogens with zero attached hydrogens (tertiary/aromatic N) is 1. The molecule has 3 rings (SSSR count). The number of rotatable bonds is 3. The van der Waals surface area contributed by atoms with Crippen LogP contribution in [0.25, 0.3) is 11.3 Å². The van der Waals surface area contributed by atoms with E-state index >= 15 is 0 Å². The van der Waals surface area contributed by atoms with Crippen LogP contribution in [-0.4, -0.2) is 16.2 Å². The zero-order chi connectivity index (χ0) is 17.1. The number of amides is 2. The van der Waals surface area contributed by atoms with Crippen molar-refractivity contribution in [1.29, 1.82) is 0 Å². The highest BCUT2D eigenvalue weighted by Gasteiger charge is 2.10. The third-order valence-electron chi connectivity index (χ3n) is 3.98. The van der Waals surface area contributed by atoms with Gasteiger partial charge in [-0.1, -0.05) is 24.3 Å². The number of hydrogen-bond acceptors (Lipinski definition) is 2. The quantitative estimate of drug-likeness (QED) is 0.657. The second kappa shape index (κ2) is 6.58. The van der Waals surface area contributed by atoms with Gasteiger partial charge in [0.2, 0.25) is 0 Å². The molecule has 5 nitrogen and oxygen atoms in total. The van der Waals surface area contributed by atoms with Gasteiger partial charge in [0, 0.05) is 17.3 Å². The summed E-state index contributed by atoms with van der Waals surface area (Å²) in [6, 6.07) is 15.1. The molecule has 1 aromatic heterocycles. The number of H-pyrrole nitrogens is 1. The molecule has 0 bridgehead atoms. The molecule has 0 radical (unpaired) electrons. The fourth-order valence-electron chi connectivity index (χ4n) is 2.57. The monoisotopic (exact) mass is 320 g/mol. The number of carbonyl (C=O) groups is 1. The molecule has 0 fully saturated rings. The van der Waals surface area contributed by atoms with Crippen molar-refractivity contribution in [3.63, 3.8) is 0 Å². The van der Waals surface area contributed by atoms with Gasteiger partial charge < -0.3 is 5.32 Å². The van der Waals surface area contributed by atoms with Crippen molar-refractivity contribution < 1.29 is 4.79 Å². The van der Waals surface area contributed by atoms with E-state index in [1.54, 1.807) is 0 Å². The van der Waals surface area contributed by atoms with Crippen molar-refractivity contribution in [2.24, 2.45) is 0 Å². The molecule has 3 N–H and O–H groups in total. The lowest BCUT2D eigenvalue weighted by atomic mass is 9.99. The van der Waals surface area contributed by atoms with E-state index in [0.717, 1.165) is 16.9 Å². The number of benzene rings is 2. The van der Waals surface area contributed by atoms with E-state index in [1.807, 2.05) is 36.4 Å². The van der Waals surface area contributed by atoms with Crippen molar-refractivity contribution >= 4 is 17.5 Å². The fraction of sp³-hybridized carbons (Fsp3) is 0.158. The first-order valence-corrected chi connectivity index (χ1v) is 7.79. The minimum absolute atomic E-state index is 0.323. The van der Waals surface area contributed by atoms with Crippen molar-refractivity contribution in [3.05, 3.63) is 65.2 Å². The Balaban J connectivity index is 1.74. The van der Waals surface area contributed by atoms with Crippen LogP contribution in [0, 0.1) is 20.8 Å². The lowest BCUT2D eigenvalue weighted by molar-refractivity contribution is 0.262. The van der Waals surface area contributed by atoms with Crippen molar-refractivity contribution in [3.8, 4) is 11.3 Å². The van der Waals surface area contributed by atoms with E-state index in [1.165, 1.54) is 16.7 Å². The van der Waals surface area contributed by atoms with Gasteiger partial charge >= 0.3 is 6.03 Å². The molecule has 0 spiro atoms. The highest BCUT2D eigenvalue weighted by atomic mass is 16.2. The van der Waals surface area contributed by atoms with Crippen molar-refractivity contribution in [2.45, 2.75) is 20.8 Å². The molecular weight excluding hydrogens is 300 g/mol. The van der Waals surface area contributed by atoms with Crippen LogP contribution in [0.5, 0.6) is 0 Å². The molecule has 1 heterocycles. The average molecular weight is 320 g/mol. The molecule has 0 aliphatic rings. The Labute approximate surface area is 141 Å². The van der Waals surface area contributed by atoms with Crippen molar-refractivity contribution in [2.75, 3.05) is 10.6 Å². The number of aromatic nitrogens is 2. The zero-order valence-electron chi connectivity index (χ0n) is 14.0. The second-order valence-electron chi connectivity index (χ2n) is 5.86. The molecule has 0 saturated heterocycles. The van der Waals surface area contributed by atoms with Crippen LogP contribution in [0.4, 0.5) is 16.3 Å². The average Bonchev–Trinajstić information content (AvgIpc) is 3.00. The number of para-hydroxylation sites is 1. The summed E-state index contributed by atoms with van der Waals surface area (Å²) in [7, 11) is 0. The molecule has 122 valence electrons. The maximum atomic E-state index is 12.0. The van der Waals surface area contributed by atoms with E-state index in [4.69, 9.17) is 0 Å². The van der Waals surface area contributed by atoms with E-state index in [9.17, 15) is 4.79 Å². The van der Waals surface area contributed by atoms with Gasteiger partial charge in [-0.3, -0.25) is 10.4 Å². The highest BCUT2D eigenvalue weighted by Crippen LogP contribution is 2.26. The van der Waals surface area contributed by atoms with Gasteiger partial charge in [-0.15, -0.1) is 0 Å². The Morgan fingerprint density at radius 2 is 1.62 bits per heavy atom. The van der Waals surface area contributed by atoms with Crippen LogP contribution in [0.15, 0.2) is 48.5 Å². The third kappa shape index (κ3) is 3.46. The molecule has 0 saturated carbocycles. The Hall–Kier alpha value is -3.08. The van der Waals surface area contributed by atoms with Crippen LogP contribution < -0.4 is 10.6 Å². The Morgan fingerprint density at radius 3 is 2.38 bits per heavy atom. The molecule has 3 aromatic rings. The van der Waals surface area contributed by atoms with Crippen LogP contribution >= 0.6 is 0 Å². The van der Waals surface area contributed by atoms with Gasteiger partial charge in [0.25, 0.3) is 0 Å². The zero-order valence-corrected chi connectivity index (χ0v) is 14.0. The van der Waals surface area contributed by atoms with Crippen LogP contribution in [0.1, 0.15) is 16.7 Å². The number of nitrogens with one attached hydrogen (secondary N) is 3. The largest absolute Gasteiger partial charge is 0.324 e. The smallest absolute Gasteiger partial charge is 0.308 e. The van der Waals surface area contributed by atoms with Crippen LogP contribution in [0.2, 0.25) is 0 Å². The van der Waals surface area contributed by atoms with Gasteiger partial charge in [-0.05, 0) is 55.7 Å². The molecule has 0 aliphatic heterocycles. The predicted molar refractivity (Wildman–Crippen MR) is 97.3 cm³/mol. The molecule has 2 amide bonds. The molecule has 0 atom stereocenters. The van der Waals surface area contributed by atoms with Crippen molar-refractivity contribution in [1.82, 2.24) is 10.2 Å².